The minimum atomic E-state index is -0.284. The Morgan fingerprint density at radius 1 is 1.53 bits per heavy atom. The lowest BCUT2D eigenvalue weighted by Gasteiger charge is -2.07. The molecule has 0 aromatic heterocycles. The van der Waals surface area contributed by atoms with E-state index in [0.29, 0.717) is 11.6 Å². The molecule has 0 saturated carbocycles. The van der Waals surface area contributed by atoms with Crippen LogP contribution in [-0.4, -0.2) is 22.9 Å². The minimum Gasteiger partial charge on any atom is -0.508 e. The molecule has 1 amide bonds. The highest BCUT2D eigenvalue weighted by Crippen LogP contribution is 2.20. The van der Waals surface area contributed by atoms with Gasteiger partial charge in [0.05, 0.1) is 10.6 Å². The van der Waals surface area contributed by atoms with Crippen molar-refractivity contribution >= 4 is 29.1 Å². The van der Waals surface area contributed by atoms with E-state index in [1.807, 2.05) is 6.92 Å². The molecule has 0 aliphatic heterocycles. The molecule has 0 aliphatic rings. The van der Waals surface area contributed by atoms with Gasteiger partial charge in [0.25, 0.3) is 5.91 Å². The molecule has 2 N–H and O–H groups in total. The van der Waals surface area contributed by atoms with Gasteiger partial charge in [0, 0.05) is 11.9 Å². The lowest BCUT2D eigenvalue weighted by atomic mass is 10.2. The van der Waals surface area contributed by atoms with Gasteiger partial charge in [-0.1, -0.05) is 11.6 Å². The molecule has 17 heavy (non-hydrogen) atoms. The van der Waals surface area contributed by atoms with Crippen LogP contribution in [0.25, 0.3) is 0 Å². The fourth-order valence-electron chi connectivity index (χ4n) is 1.37. The molecule has 1 atom stereocenters. The van der Waals surface area contributed by atoms with Gasteiger partial charge in [-0.05, 0) is 38.0 Å². The summed E-state index contributed by atoms with van der Waals surface area (Å²) in [6.07, 6.45) is 1.66. The van der Waals surface area contributed by atoms with Crippen LogP contribution in [0.3, 0.4) is 0 Å². The largest absolute Gasteiger partial charge is 0.508 e. The van der Waals surface area contributed by atoms with E-state index in [0.717, 1.165) is 12.8 Å². The minimum absolute atomic E-state index is 0.0222. The molecule has 1 aromatic rings. The molecule has 94 valence electrons. The van der Waals surface area contributed by atoms with Crippen LogP contribution in [0.1, 0.15) is 30.1 Å². The van der Waals surface area contributed by atoms with Crippen molar-refractivity contribution in [3.8, 4) is 5.75 Å². The molecule has 0 saturated heterocycles. The van der Waals surface area contributed by atoms with Crippen LogP contribution in [0, 0.1) is 0 Å². The summed E-state index contributed by atoms with van der Waals surface area (Å²) in [6.45, 7) is 2.46. The van der Waals surface area contributed by atoms with Gasteiger partial charge in [-0.25, -0.2) is 0 Å². The Hall–Kier alpha value is -0.930. The molecule has 0 aliphatic carbocycles. The number of amides is 1. The van der Waals surface area contributed by atoms with Crippen LogP contribution in [0.15, 0.2) is 18.2 Å². The topological polar surface area (TPSA) is 49.3 Å². The third-order valence-electron chi connectivity index (χ3n) is 2.26. The van der Waals surface area contributed by atoms with E-state index < -0.39 is 0 Å². The van der Waals surface area contributed by atoms with Crippen LogP contribution >= 0.6 is 23.2 Å². The van der Waals surface area contributed by atoms with E-state index in [1.54, 1.807) is 0 Å². The fraction of sp³-hybridized carbons (Fsp3) is 0.417. The van der Waals surface area contributed by atoms with Gasteiger partial charge in [0.2, 0.25) is 0 Å². The number of carbonyl (C=O) groups is 1. The monoisotopic (exact) mass is 275 g/mol. The Morgan fingerprint density at radius 3 is 2.88 bits per heavy atom. The van der Waals surface area contributed by atoms with Gasteiger partial charge >= 0.3 is 0 Å². The Morgan fingerprint density at radius 2 is 2.24 bits per heavy atom. The average Bonchev–Trinajstić information content (AvgIpc) is 2.27. The normalized spacial score (nSPS) is 12.2. The van der Waals surface area contributed by atoms with E-state index in [4.69, 9.17) is 23.2 Å². The molecule has 1 aromatic carbocycles. The molecule has 5 heteroatoms. The van der Waals surface area contributed by atoms with Crippen LogP contribution in [0.2, 0.25) is 5.02 Å². The van der Waals surface area contributed by atoms with E-state index in [1.165, 1.54) is 18.2 Å². The third-order valence-corrected chi connectivity index (χ3v) is 2.81. The van der Waals surface area contributed by atoms with Crippen molar-refractivity contribution < 1.29 is 9.90 Å². The number of rotatable bonds is 5. The Labute approximate surface area is 111 Å². The van der Waals surface area contributed by atoms with E-state index in [2.05, 4.69) is 5.32 Å². The molecular weight excluding hydrogens is 261 g/mol. The van der Waals surface area contributed by atoms with Crippen LogP contribution in [0.5, 0.6) is 5.75 Å². The van der Waals surface area contributed by atoms with Crippen molar-refractivity contribution in [1.29, 1.82) is 0 Å². The average molecular weight is 276 g/mol. The summed E-state index contributed by atoms with van der Waals surface area (Å²) in [6, 6.07) is 4.28. The van der Waals surface area contributed by atoms with Gasteiger partial charge in [0.15, 0.2) is 0 Å². The molecule has 1 unspecified atom stereocenters. The van der Waals surface area contributed by atoms with E-state index >= 15 is 0 Å². The van der Waals surface area contributed by atoms with Gasteiger partial charge in [-0.2, -0.15) is 0 Å². The van der Waals surface area contributed by atoms with Gasteiger partial charge in [-0.15, -0.1) is 11.6 Å². The smallest absolute Gasteiger partial charge is 0.252 e. The van der Waals surface area contributed by atoms with Crippen LogP contribution < -0.4 is 5.32 Å². The van der Waals surface area contributed by atoms with Gasteiger partial charge < -0.3 is 10.4 Å². The number of nitrogens with one attached hydrogen (secondary N) is 1. The van der Waals surface area contributed by atoms with Crippen molar-refractivity contribution in [2.45, 2.75) is 25.1 Å². The molecule has 0 spiro atoms. The fourth-order valence-corrected chi connectivity index (χ4v) is 1.73. The van der Waals surface area contributed by atoms with E-state index in [-0.39, 0.29) is 22.6 Å². The summed E-state index contributed by atoms with van der Waals surface area (Å²) in [5.74, 6) is -0.262. The zero-order valence-corrected chi connectivity index (χ0v) is 11.1. The summed E-state index contributed by atoms with van der Waals surface area (Å²) in [7, 11) is 0. The number of benzene rings is 1. The Balaban J connectivity index is 2.49. The summed E-state index contributed by atoms with van der Waals surface area (Å²) in [4.78, 5) is 11.7. The highest BCUT2D eigenvalue weighted by atomic mass is 35.5. The van der Waals surface area contributed by atoms with Crippen molar-refractivity contribution in [3.05, 3.63) is 28.8 Å². The number of alkyl halides is 1. The molecule has 0 heterocycles. The van der Waals surface area contributed by atoms with Crippen molar-refractivity contribution in [2.75, 3.05) is 6.54 Å². The maximum Gasteiger partial charge on any atom is 0.252 e. The number of halogens is 2. The molecule has 1 rings (SSSR count). The predicted octanol–water partition coefficient (Wildman–Crippen LogP) is 3.18. The number of phenols is 1. The second-order valence-electron chi connectivity index (χ2n) is 3.84. The van der Waals surface area contributed by atoms with Crippen molar-refractivity contribution in [1.82, 2.24) is 5.32 Å². The summed E-state index contributed by atoms with van der Waals surface area (Å²) in [5, 5.41) is 12.4. The number of hydrogen-bond acceptors (Lipinski definition) is 2. The Kier molecular flexibility index (Phi) is 5.59. The van der Waals surface area contributed by atoms with Crippen molar-refractivity contribution in [2.24, 2.45) is 0 Å². The Bertz CT molecular complexity index is 394. The number of hydrogen-bond donors (Lipinski definition) is 2. The molecular formula is C12H15Cl2NO2. The summed E-state index contributed by atoms with van der Waals surface area (Å²) < 4.78 is 0. The molecule has 0 fully saturated rings. The second-order valence-corrected chi connectivity index (χ2v) is 5.00. The second kappa shape index (κ2) is 6.72. The number of aromatic hydroxyl groups is 1. The maximum atomic E-state index is 11.7. The summed E-state index contributed by atoms with van der Waals surface area (Å²) >= 11 is 11.7. The van der Waals surface area contributed by atoms with Crippen molar-refractivity contribution in [3.63, 3.8) is 0 Å². The predicted molar refractivity (Wildman–Crippen MR) is 70.0 cm³/mol. The third kappa shape index (κ3) is 4.84. The quantitative estimate of drug-likeness (QED) is 0.641. The standard InChI is InChI=1S/C12H15Cl2NO2/c1-8(13)3-2-6-15-12(17)10-7-9(16)4-5-11(10)14/h4-5,7-8,16H,2-3,6H2,1H3,(H,15,17). The summed E-state index contributed by atoms with van der Waals surface area (Å²) in [5.41, 5.74) is 0.283. The van der Waals surface area contributed by atoms with Gasteiger partial charge in [0.1, 0.15) is 5.75 Å². The SMILES string of the molecule is CC(Cl)CCCNC(=O)c1cc(O)ccc1Cl. The van der Waals surface area contributed by atoms with Crippen LogP contribution in [0.4, 0.5) is 0 Å². The first-order chi connectivity index (χ1) is 8.00. The molecule has 3 nitrogen and oxygen atoms in total. The zero-order valence-electron chi connectivity index (χ0n) is 9.54. The zero-order chi connectivity index (χ0) is 12.8. The highest BCUT2D eigenvalue weighted by Gasteiger charge is 2.10. The maximum absolute atomic E-state index is 11.7. The lowest BCUT2D eigenvalue weighted by molar-refractivity contribution is 0.0952. The molecule has 0 radical (unpaired) electrons. The van der Waals surface area contributed by atoms with Crippen LogP contribution in [-0.2, 0) is 0 Å². The number of phenolic OH excluding ortho intramolecular Hbond substituents is 1. The highest BCUT2D eigenvalue weighted by molar-refractivity contribution is 6.33. The first kappa shape index (κ1) is 14.1. The first-order valence-electron chi connectivity index (χ1n) is 5.41. The van der Waals surface area contributed by atoms with Gasteiger partial charge in [-0.3, -0.25) is 4.79 Å². The first-order valence-corrected chi connectivity index (χ1v) is 6.23. The van der Waals surface area contributed by atoms with E-state index in [9.17, 15) is 9.90 Å². The molecule has 0 bridgehead atoms. The lowest BCUT2D eigenvalue weighted by Crippen LogP contribution is -2.25. The number of carbonyl (C=O) groups excluding carboxylic acids is 1.